The molecule has 0 spiro atoms. The topological polar surface area (TPSA) is 87.7 Å². The number of hydrogen-bond donors (Lipinski definition) is 3. The van der Waals surface area contributed by atoms with E-state index in [2.05, 4.69) is 15.4 Å². The number of amides is 2. The van der Waals surface area contributed by atoms with Crippen LogP contribution in [0.5, 0.6) is 0 Å². The van der Waals surface area contributed by atoms with Crippen LogP contribution < -0.4 is 10.6 Å². The summed E-state index contributed by atoms with van der Waals surface area (Å²) in [5, 5.41) is 15.5. The lowest BCUT2D eigenvalue weighted by Crippen LogP contribution is -2.50. The van der Waals surface area contributed by atoms with Gasteiger partial charge in [-0.3, -0.25) is 0 Å². The average molecular weight is 431 g/mol. The number of aryl methyl sites for hydroxylation is 1. The summed E-state index contributed by atoms with van der Waals surface area (Å²) in [5.41, 5.74) is -3.76. The predicted molar refractivity (Wildman–Crippen MR) is 102 cm³/mol. The van der Waals surface area contributed by atoms with Crippen molar-refractivity contribution >= 4 is 35.0 Å². The number of rotatable bonds is 5. The summed E-state index contributed by atoms with van der Waals surface area (Å²) in [4.78, 5) is 23.9. The van der Waals surface area contributed by atoms with Gasteiger partial charge in [0.05, 0.1) is 6.61 Å². The van der Waals surface area contributed by atoms with Crippen LogP contribution in [0.4, 0.5) is 29.3 Å². The van der Waals surface area contributed by atoms with Crippen molar-refractivity contribution in [1.29, 1.82) is 0 Å². The second-order valence-corrected chi connectivity index (χ2v) is 6.48. The van der Waals surface area contributed by atoms with Gasteiger partial charge in [0.1, 0.15) is 0 Å². The van der Waals surface area contributed by atoms with E-state index < -0.39 is 29.3 Å². The van der Waals surface area contributed by atoms with Crippen molar-refractivity contribution in [2.75, 3.05) is 17.2 Å². The number of aliphatic hydroxyl groups is 1. The SMILES string of the molecule is CCOC(=O)[C@@](O)(c1ccc(NC(=O)Nc2cccc(Cl)c2)c(C)c1)C(F)(F)F. The molecule has 2 aromatic carbocycles. The van der Waals surface area contributed by atoms with Crippen LogP contribution in [0.2, 0.25) is 5.02 Å². The lowest BCUT2D eigenvalue weighted by atomic mass is 9.91. The van der Waals surface area contributed by atoms with Crippen molar-refractivity contribution in [3.63, 3.8) is 0 Å². The molecule has 0 radical (unpaired) electrons. The Morgan fingerprint density at radius 1 is 1.14 bits per heavy atom. The van der Waals surface area contributed by atoms with Crippen LogP contribution in [-0.2, 0) is 15.1 Å². The zero-order valence-electron chi connectivity index (χ0n) is 15.4. The highest BCUT2D eigenvalue weighted by Gasteiger charge is 2.62. The molecular weight excluding hydrogens is 413 g/mol. The largest absolute Gasteiger partial charge is 0.463 e. The highest BCUT2D eigenvalue weighted by atomic mass is 35.5. The molecule has 0 saturated heterocycles. The minimum atomic E-state index is -5.30. The fourth-order valence-corrected chi connectivity index (χ4v) is 2.70. The van der Waals surface area contributed by atoms with Crippen LogP contribution in [0.25, 0.3) is 0 Å². The minimum Gasteiger partial charge on any atom is -0.463 e. The first-order chi connectivity index (χ1) is 13.5. The Hall–Kier alpha value is -2.78. The second kappa shape index (κ2) is 8.71. The first-order valence-corrected chi connectivity index (χ1v) is 8.78. The fourth-order valence-electron chi connectivity index (χ4n) is 2.51. The maximum atomic E-state index is 13.4. The van der Waals surface area contributed by atoms with Gasteiger partial charge in [-0.25, -0.2) is 9.59 Å². The molecule has 29 heavy (non-hydrogen) atoms. The summed E-state index contributed by atoms with van der Waals surface area (Å²) in [6, 6.07) is 8.72. The summed E-state index contributed by atoms with van der Waals surface area (Å²) < 4.78 is 44.7. The van der Waals surface area contributed by atoms with E-state index in [0.717, 1.165) is 18.2 Å². The average Bonchev–Trinajstić information content (AvgIpc) is 2.61. The van der Waals surface area contributed by atoms with Gasteiger partial charge in [-0.05, 0) is 43.7 Å². The van der Waals surface area contributed by atoms with E-state index >= 15 is 0 Å². The monoisotopic (exact) mass is 430 g/mol. The molecule has 0 unspecified atom stereocenters. The van der Waals surface area contributed by atoms with E-state index in [1.54, 1.807) is 18.2 Å². The number of hydrogen-bond acceptors (Lipinski definition) is 4. The quantitative estimate of drug-likeness (QED) is 0.605. The summed E-state index contributed by atoms with van der Waals surface area (Å²) in [6.07, 6.45) is -5.30. The van der Waals surface area contributed by atoms with Gasteiger partial charge in [-0.2, -0.15) is 13.2 Å². The third-order valence-electron chi connectivity index (χ3n) is 3.96. The first kappa shape index (κ1) is 22.5. The number of esters is 1. The maximum Gasteiger partial charge on any atom is 0.432 e. The number of carbonyl (C=O) groups excluding carboxylic acids is 2. The van der Waals surface area contributed by atoms with Gasteiger partial charge in [0.2, 0.25) is 0 Å². The van der Waals surface area contributed by atoms with Crippen molar-refractivity contribution in [3.8, 4) is 0 Å². The number of anilines is 2. The number of halogens is 4. The lowest BCUT2D eigenvalue weighted by Gasteiger charge is -2.29. The van der Waals surface area contributed by atoms with E-state index in [9.17, 15) is 27.9 Å². The zero-order chi connectivity index (χ0) is 21.8. The Bertz CT molecular complexity index is 921. The van der Waals surface area contributed by atoms with E-state index in [4.69, 9.17) is 11.6 Å². The Balaban J connectivity index is 2.26. The summed E-state index contributed by atoms with van der Waals surface area (Å²) in [5.74, 6) is -1.83. The van der Waals surface area contributed by atoms with Crippen molar-refractivity contribution in [2.45, 2.75) is 25.6 Å². The molecule has 0 aliphatic heterocycles. The Kier molecular flexibility index (Phi) is 6.76. The summed E-state index contributed by atoms with van der Waals surface area (Å²) in [7, 11) is 0. The van der Waals surface area contributed by atoms with Crippen molar-refractivity contribution in [1.82, 2.24) is 0 Å². The molecule has 0 aromatic heterocycles. The zero-order valence-corrected chi connectivity index (χ0v) is 16.2. The molecule has 10 heteroatoms. The molecule has 0 bridgehead atoms. The van der Waals surface area contributed by atoms with Crippen LogP contribution in [0.15, 0.2) is 42.5 Å². The molecule has 1 atom stereocenters. The fraction of sp³-hybridized carbons (Fsp3) is 0.263. The highest BCUT2D eigenvalue weighted by Crippen LogP contribution is 2.41. The number of benzene rings is 2. The molecule has 156 valence electrons. The van der Waals surface area contributed by atoms with E-state index in [1.165, 1.54) is 19.9 Å². The standard InChI is InChI=1S/C19H18ClF3N2O4/c1-3-29-16(26)18(28,19(21,22)23)12-7-8-15(11(2)9-12)25-17(27)24-14-6-4-5-13(20)10-14/h4-10,28H,3H2,1-2H3,(H2,24,25,27)/t18-/m0/s1. The molecule has 0 fully saturated rings. The Morgan fingerprint density at radius 3 is 2.38 bits per heavy atom. The van der Waals surface area contributed by atoms with Crippen molar-refractivity contribution < 1.29 is 32.6 Å². The van der Waals surface area contributed by atoms with Gasteiger partial charge in [0, 0.05) is 22.0 Å². The van der Waals surface area contributed by atoms with Crippen LogP contribution in [0, 0.1) is 6.92 Å². The minimum absolute atomic E-state index is 0.182. The van der Waals surface area contributed by atoms with Crippen LogP contribution >= 0.6 is 11.6 Å². The molecule has 3 N–H and O–H groups in total. The predicted octanol–water partition coefficient (Wildman–Crippen LogP) is 4.61. The van der Waals surface area contributed by atoms with Gasteiger partial charge in [0.15, 0.2) is 0 Å². The Labute approximate surface area is 169 Å². The molecule has 2 aromatic rings. The molecule has 6 nitrogen and oxygen atoms in total. The van der Waals surface area contributed by atoms with Crippen LogP contribution in [-0.4, -0.2) is 29.9 Å². The molecule has 0 aliphatic rings. The van der Waals surface area contributed by atoms with Gasteiger partial charge in [-0.15, -0.1) is 0 Å². The molecule has 2 amide bonds. The normalized spacial score (nSPS) is 13.3. The third-order valence-corrected chi connectivity index (χ3v) is 4.19. The van der Waals surface area contributed by atoms with Gasteiger partial charge >= 0.3 is 18.2 Å². The number of nitrogens with one attached hydrogen (secondary N) is 2. The maximum absolute atomic E-state index is 13.4. The molecular formula is C19H18ClF3N2O4. The van der Waals surface area contributed by atoms with Gasteiger partial charge < -0.3 is 20.5 Å². The van der Waals surface area contributed by atoms with E-state index in [1.807, 2.05) is 0 Å². The van der Waals surface area contributed by atoms with E-state index in [-0.39, 0.29) is 17.9 Å². The smallest absolute Gasteiger partial charge is 0.432 e. The number of ether oxygens (including phenoxy) is 1. The number of urea groups is 1. The second-order valence-electron chi connectivity index (χ2n) is 6.05. The summed E-state index contributed by atoms with van der Waals surface area (Å²) in [6.45, 7) is 2.41. The third kappa shape index (κ3) is 4.99. The Morgan fingerprint density at radius 2 is 1.83 bits per heavy atom. The van der Waals surface area contributed by atoms with Gasteiger partial charge in [0.25, 0.3) is 5.60 Å². The number of carbonyl (C=O) groups is 2. The van der Waals surface area contributed by atoms with Crippen molar-refractivity contribution in [2.24, 2.45) is 0 Å². The number of alkyl halides is 3. The lowest BCUT2D eigenvalue weighted by molar-refractivity contribution is -0.267. The summed E-state index contributed by atoms with van der Waals surface area (Å²) >= 11 is 5.83. The van der Waals surface area contributed by atoms with E-state index in [0.29, 0.717) is 10.7 Å². The van der Waals surface area contributed by atoms with Crippen LogP contribution in [0.3, 0.4) is 0 Å². The molecule has 0 heterocycles. The molecule has 0 aliphatic carbocycles. The molecule has 2 rings (SSSR count). The highest BCUT2D eigenvalue weighted by molar-refractivity contribution is 6.30. The first-order valence-electron chi connectivity index (χ1n) is 8.40. The van der Waals surface area contributed by atoms with Crippen LogP contribution in [0.1, 0.15) is 18.1 Å². The van der Waals surface area contributed by atoms with Crippen molar-refractivity contribution in [3.05, 3.63) is 58.6 Å². The van der Waals surface area contributed by atoms with Gasteiger partial charge in [-0.1, -0.05) is 29.8 Å². The molecule has 0 saturated carbocycles.